The molecule has 3 heteroatoms. The van der Waals surface area contributed by atoms with Crippen molar-refractivity contribution >= 4 is 17.2 Å². The summed E-state index contributed by atoms with van der Waals surface area (Å²) in [6, 6.07) is 16.7. The van der Waals surface area contributed by atoms with Gasteiger partial charge in [0.1, 0.15) is 0 Å². The number of hydrogen-bond donors (Lipinski definition) is 2. The molecular formula is C11H11NO2. The molecule has 1 amide bonds. The normalized spacial score (nSPS) is 8.64. The van der Waals surface area contributed by atoms with Gasteiger partial charge < -0.3 is 0 Å². The minimum atomic E-state index is 0.181. The van der Waals surface area contributed by atoms with Gasteiger partial charge in [-0.05, 0) is 10.8 Å². The topological polar surface area (TPSA) is 49.3 Å². The Hall–Kier alpha value is -1.87. The summed E-state index contributed by atoms with van der Waals surface area (Å²) in [5, 5.41) is 9.88. The van der Waals surface area contributed by atoms with Crippen LogP contribution in [-0.2, 0) is 4.79 Å². The van der Waals surface area contributed by atoms with Gasteiger partial charge in [0.05, 0.1) is 0 Å². The molecule has 3 nitrogen and oxygen atoms in total. The van der Waals surface area contributed by atoms with Crippen molar-refractivity contribution in [3.8, 4) is 0 Å². The highest BCUT2D eigenvalue weighted by molar-refractivity contribution is 5.81. The van der Waals surface area contributed by atoms with Gasteiger partial charge in [-0.2, -0.15) is 0 Å². The van der Waals surface area contributed by atoms with Crippen molar-refractivity contribution in [2.45, 2.75) is 0 Å². The molecule has 0 radical (unpaired) electrons. The molecule has 2 N–H and O–H groups in total. The number of amides is 1. The largest absolute Gasteiger partial charge is 0.289 e. The number of carbonyl (C=O) groups excluding carboxylic acids is 1. The van der Waals surface area contributed by atoms with Gasteiger partial charge in [0.2, 0.25) is 6.41 Å². The SMILES string of the molecule is O=CNO.c1ccc2ccccc2c1. The summed E-state index contributed by atoms with van der Waals surface area (Å²) >= 11 is 0. The number of fused-ring (bicyclic) bond motifs is 1. The Morgan fingerprint density at radius 2 is 1.21 bits per heavy atom. The monoisotopic (exact) mass is 189 g/mol. The van der Waals surface area contributed by atoms with Gasteiger partial charge in [-0.3, -0.25) is 10.0 Å². The molecular weight excluding hydrogens is 178 g/mol. The standard InChI is InChI=1S/C10H8.CH3NO2/c1-2-6-10-8-4-3-7-9(10)5-1;3-1-2-4/h1-8H;1,4H,(H,2,3). The average Bonchev–Trinajstić information content (AvgIpc) is 2.30. The van der Waals surface area contributed by atoms with E-state index in [9.17, 15) is 0 Å². The van der Waals surface area contributed by atoms with E-state index in [1.165, 1.54) is 16.3 Å². The first kappa shape index (κ1) is 10.2. The number of benzene rings is 2. The fourth-order valence-electron chi connectivity index (χ4n) is 1.13. The lowest BCUT2D eigenvalue weighted by atomic mass is 10.1. The predicted octanol–water partition coefficient (Wildman–Crippen LogP) is 1.96. The molecule has 0 aromatic heterocycles. The molecule has 0 aliphatic rings. The van der Waals surface area contributed by atoms with Crippen molar-refractivity contribution in [2.75, 3.05) is 0 Å². The fourth-order valence-corrected chi connectivity index (χ4v) is 1.13. The zero-order valence-electron chi connectivity index (χ0n) is 7.55. The molecule has 0 heterocycles. The molecule has 0 unspecified atom stereocenters. The van der Waals surface area contributed by atoms with E-state index in [1.807, 2.05) is 0 Å². The summed E-state index contributed by atoms with van der Waals surface area (Å²) in [5.74, 6) is 0. The van der Waals surface area contributed by atoms with Crippen LogP contribution in [0.1, 0.15) is 0 Å². The van der Waals surface area contributed by atoms with Crippen LogP contribution in [0.25, 0.3) is 10.8 Å². The van der Waals surface area contributed by atoms with Crippen molar-refractivity contribution in [1.29, 1.82) is 0 Å². The molecule has 0 aliphatic heterocycles. The van der Waals surface area contributed by atoms with Gasteiger partial charge in [-0.1, -0.05) is 48.5 Å². The van der Waals surface area contributed by atoms with E-state index in [0.29, 0.717) is 0 Å². The van der Waals surface area contributed by atoms with Crippen LogP contribution in [0.3, 0.4) is 0 Å². The lowest BCUT2D eigenvalue weighted by Crippen LogP contribution is -1.99. The number of hydroxylamine groups is 1. The number of hydrogen-bond acceptors (Lipinski definition) is 2. The third-order valence-electron chi connectivity index (χ3n) is 1.71. The maximum atomic E-state index is 8.81. The van der Waals surface area contributed by atoms with Gasteiger partial charge in [-0.25, -0.2) is 5.48 Å². The number of carbonyl (C=O) groups is 1. The first-order valence-electron chi connectivity index (χ1n) is 4.15. The summed E-state index contributed by atoms with van der Waals surface area (Å²) in [6.45, 7) is 0. The summed E-state index contributed by atoms with van der Waals surface area (Å²) in [6.07, 6.45) is 0.181. The van der Waals surface area contributed by atoms with Gasteiger partial charge in [0, 0.05) is 0 Å². The molecule has 0 fully saturated rings. The van der Waals surface area contributed by atoms with Crippen LogP contribution in [0.15, 0.2) is 48.5 Å². The van der Waals surface area contributed by atoms with Crippen LogP contribution < -0.4 is 5.48 Å². The Labute approximate surface area is 81.9 Å². The van der Waals surface area contributed by atoms with E-state index in [2.05, 4.69) is 48.5 Å². The quantitative estimate of drug-likeness (QED) is 0.409. The molecule has 14 heavy (non-hydrogen) atoms. The van der Waals surface area contributed by atoms with Gasteiger partial charge in [-0.15, -0.1) is 0 Å². The predicted molar refractivity (Wildman–Crippen MR) is 54.9 cm³/mol. The molecule has 0 aliphatic carbocycles. The van der Waals surface area contributed by atoms with Crippen molar-refractivity contribution < 1.29 is 10.0 Å². The zero-order valence-corrected chi connectivity index (χ0v) is 7.55. The molecule has 2 aromatic carbocycles. The second kappa shape index (κ2) is 5.72. The molecule has 0 spiro atoms. The van der Waals surface area contributed by atoms with E-state index in [-0.39, 0.29) is 6.41 Å². The van der Waals surface area contributed by atoms with E-state index in [1.54, 1.807) is 0 Å². The van der Waals surface area contributed by atoms with Gasteiger partial charge in [0.25, 0.3) is 0 Å². The second-order valence-electron chi connectivity index (χ2n) is 2.59. The highest BCUT2D eigenvalue weighted by Crippen LogP contribution is 2.11. The minimum Gasteiger partial charge on any atom is -0.289 e. The summed E-state index contributed by atoms with van der Waals surface area (Å²) in [7, 11) is 0. The maximum Gasteiger partial charge on any atom is 0.230 e. The van der Waals surface area contributed by atoms with E-state index >= 15 is 0 Å². The van der Waals surface area contributed by atoms with Crippen LogP contribution in [0.2, 0.25) is 0 Å². The van der Waals surface area contributed by atoms with Crippen molar-refractivity contribution in [3.63, 3.8) is 0 Å². The average molecular weight is 189 g/mol. The second-order valence-corrected chi connectivity index (χ2v) is 2.59. The molecule has 2 aromatic rings. The first-order chi connectivity index (χ1) is 6.88. The Morgan fingerprint density at radius 3 is 1.43 bits per heavy atom. The fraction of sp³-hybridized carbons (Fsp3) is 0. The molecule has 0 atom stereocenters. The molecule has 0 bridgehead atoms. The van der Waals surface area contributed by atoms with Crippen LogP contribution in [0.4, 0.5) is 0 Å². The van der Waals surface area contributed by atoms with Crippen LogP contribution in [0, 0.1) is 0 Å². The minimum absolute atomic E-state index is 0.181. The van der Waals surface area contributed by atoms with E-state index in [4.69, 9.17) is 10.0 Å². The Balaban J connectivity index is 0.000000213. The summed E-state index contributed by atoms with van der Waals surface area (Å²) < 4.78 is 0. The number of nitrogens with one attached hydrogen (secondary N) is 1. The zero-order chi connectivity index (χ0) is 10.2. The highest BCUT2D eigenvalue weighted by Gasteiger charge is 1.85. The van der Waals surface area contributed by atoms with Crippen molar-refractivity contribution in [1.82, 2.24) is 5.48 Å². The lowest BCUT2D eigenvalue weighted by Gasteiger charge is -1.92. The highest BCUT2D eigenvalue weighted by atomic mass is 16.5. The molecule has 72 valence electrons. The molecule has 0 saturated heterocycles. The Morgan fingerprint density at radius 1 is 0.929 bits per heavy atom. The van der Waals surface area contributed by atoms with Crippen LogP contribution >= 0.6 is 0 Å². The van der Waals surface area contributed by atoms with E-state index < -0.39 is 0 Å². The van der Waals surface area contributed by atoms with E-state index in [0.717, 1.165) is 0 Å². The smallest absolute Gasteiger partial charge is 0.230 e. The van der Waals surface area contributed by atoms with Crippen molar-refractivity contribution in [2.24, 2.45) is 0 Å². The molecule has 0 saturated carbocycles. The van der Waals surface area contributed by atoms with Crippen LogP contribution in [-0.4, -0.2) is 11.6 Å². The summed E-state index contributed by atoms with van der Waals surface area (Å²) in [4.78, 5) is 8.81. The summed E-state index contributed by atoms with van der Waals surface area (Å²) in [5.41, 5.74) is 1.25. The first-order valence-corrected chi connectivity index (χ1v) is 4.15. The van der Waals surface area contributed by atoms with Crippen molar-refractivity contribution in [3.05, 3.63) is 48.5 Å². The van der Waals surface area contributed by atoms with Gasteiger partial charge in [0.15, 0.2) is 0 Å². The Kier molecular flexibility index (Phi) is 4.17. The molecule has 2 rings (SSSR count). The maximum absolute atomic E-state index is 8.81. The van der Waals surface area contributed by atoms with Gasteiger partial charge >= 0.3 is 0 Å². The number of rotatable bonds is 1. The third-order valence-corrected chi connectivity index (χ3v) is 1.71. The third kappa shape index (κ3) is 2.88. The lowest BCUT2D eigenvalue weighted by molar-refractivity contribution is -0.116. The Bertz CT molecular complexity index is 336. The van der Waals surface area contributed by atoms with Crippen LogP contribution in [0.5, 0.6) is 0 Å².